The molecule has 0 radical (unpaired) electrons. The molecule has 1 aromatic carbocycles. The van der Waals surface area contributed by atoms with E-state index in [2.05, 4.69) is 18.0 Å². The third-order valence-corrected chi connectivity index (χ3v) is 3.53. The minimum absolute atomic E-state index is 0.489. The van der Waals surface area contributed by atoms with Crippen molar-refractivity contribution in [2.75, 3.05) is 7.11 Å². The van der Waals surface area contributed by atoms with Gasteiger partial charge in [0.1, 0.15) is 5.75 Å². The number of rotatable bonds is 5. The van der Waals surface area contributed by atoms with Gasteiger partial charge in [0, 0.05) is 18.3 Å². The molecule has 0 saturated carbocycles. The van der Waals surface area contributed by atoms with Gasteiger partial charge in [-0.1, -0.05) is 25.1 Å². The van der Waals surface area contributed by atoms with Crippen molar-refractivity contribution >= 4 is 0 Å². The molecule has 20 heavy (non-hydrogen) atoms. The second-order valence-corrected chi connectivity index (χ2v) is 5.19. The zero-order valence-corrected chi connectivity index (χ0v) is 12.3. The number of pyridine rings is 1. The van der Waals surface area contributed by atoms with Gasteiger partial charge in [-0.2, -0.15) is 0 Å². The van der Waals surface area contributed by atoms with Gasteiger partial charge in [-0.05, 0) is 42.7 Å². The largest absolute Gasteiger partial charge is 0.497 e. The van der Waals surface area contributed by atoms with Crippen LogP contribution < -0.4 is 4.74 Å². The number of hydrogen-bond acceptors (Lipinski definition) is 3. The minimum atomic E-state index is -0.937. The fraction of sp³-hybridized carbons (Fsp3) is 0.353. The van der Waals surface area contributed by atoms with Gasteiger partial charge in [-0.15, -0.1) is 0 Å². The van der Waals surface area contributed by atoms with Crippen LogP contribution in [0.5, 0.6) is 5.75 Å². The van der Waals surface area contributed by atoms with Crippen molar-refractivity contribution in [3.63, 3.8) is 0 Å². The first-order valence-corrected chi connectivity index (χ1v) is 6.86. The predicted octanol–water partition coefficient (Wildman–Crippen LogP) is 3.10. The van der Waals surface area contributed by atoms with E-state index in [1.54, 1.807) is 7.11 Å². The summed E-state index contributed by atoms with van der Waals surface area (Å²) in [6.07, 6.45) is 3.34. The van der Waals surface area contributed by atoms with Crippen LogP contribution in [0, 0.1) is 0 Å². The molecule has 1 aromatic heterocycles. The SMILES string of the molecule is CCc1ccc(CC(C)(O)c2ccc(OC)cc2)nc1. The molecule has 0 bridgehead atoms. The average Bonchev–Trinajstić information content (AvgIpc) is 2.48. The topological polar surface area (TPSA) is 42.4 Å². The van der Waals surface area contributed by atoms with Crippen LogP contribution in [0.3, 0.4) is 0 Å². The molecule has 1 heterocycles. The van der Waals surface area contributed by atoms with E-state index in [9.17, 15) is 5.11 Å². The lowest BCUT2D eigenvalue weighted by atomic mass is 9.91. The lowest BCUT2D eigenvalue weighted by molar-refractivity contribution is 0.0565. The summed E-state index contributed by atoms with van der Waals surface area (Å²) >= 11 is 0. The summed E-state index contributed by atoms with van der Waals surface area (Å²) in [5.74, 6) is 0.787. The Kier molecular flexibility index (Phi) is 4.40. The van der Waals surface area contributed by atoms with E-state index in [-0.39, 0.29) is 0 Å². The summed E-state index contributed by atoms with van der Waals surface area (Å²) in [7, 11) is 1.63. The summed E-state index contributed by atoms with van der Waals surface area (Å²) in [5.41, 5.74) is 2.02. The molecule has 0 aliphatic carbocycles. The van der Waals surface area contributed by atoms with Crippen LogP contribution in [-0.4, -0.2) is 17.2 Å². The quantitative estimate of drug-likeness (QED) is 0.908. The molecule has 0 saturated heterocycles. The van der Waals surface area contributed by atoms with Crippen LogP contribution in [0.15, 0.2) is 42.6 Å². The van der Waals surface area contributed by atoms with Gasteiger partial charge in [0.2, 0.25) is 0 Å². The first kappa shape index (κ1) is 14.5. The van der Waals surface area contributed by atoms with Crippen molar-refractivity contribution in [1.82, 2.24) is 4.98 Å². The maximum atomic E-state index is 10.6. The highest BCUT2D eigenvalue weighted by molar-refractivity contribution is 5.31. The normalized spacial score (nSPS) is 13.8. The van der Waals surface area contributed by atoms with Crippen molar-refractivity contribution in [2.24, 2.45) is 0 Å². The number of methoxy groups -OCH3 is 1. The number of aromatic nitrogens is 1. The Morgan fingerprint density at radius 3 is 2.35 bits per heavy atom. The molecular weight excluding hydrogens is 250 g/mol. The van der Waals surface area contributed by atoms with E-state index in [0.29, 0.717) is 6.42 Å². The number of aliphatic hydroxyl groups is 1. The monoisotopic (exact) mass is 271 g/mol. The van der Waals surface area contributed by atoms with E-state index in [1.807, 2.05) is 43.5 Å². The number of benzene rings is 1. The fourth-order valence-corrected chi connectivity index (χ4v) is 2.17. The lowest BCUT2D eigenvalue weighted by Gasteiger charge is -2.23. The van der Waals surface area contributed by atoms with Gasteiger partial charge in [-0.3, -0.25) is 4.98 Å². The molecule has 2 rings (SSSR count). The van der Waals surface area contributed by atoms with Crippen molar-refractivity contribution < 1.29 is 9.84 Å². The highest BCUT2D eigenvalue weighted by Crippen LogP contribution is 2.26. The summed E-state index contributed by atoms with van der Waals surface area (Å²) in [4.78, 5) is 4.41. The smallest absolute Gasteiger partial charge is 0.118 e. The number of hydrogen-bond donors (Lipinski definition) is 1. The van der Waals surface area contributed by atoms with Crippen LogP contribution in [-0.2, 0) is 18.4 Å². The summed E-state index contributed by atoms with van der Waals surface area (Å²) in [5, 5.41) is 10.6. The van der Waals surface area contributed by atoms with Crippen molar-refractivity contribution in [3.05, 3.63) is 59.4 Å². The maximum Gasteiger partial charge on any atom is 0.118 e. The number of nitrogens with zero attached hydrogens (tertiary/aromatic N) is 1. The Labute approximate surface area is 120 Å². The molecule has 2 aromatic rings. The molecule has 3 nitrogen and oxygen atoms in total. The molecular formula is C17H21NO2. The molecule has 1 unspecified atom stereocenters. The zero-order valence-electron chi connectivity index (χ0n) is 12.3. The summed E-state index contributed by atoms with van der Waals surface area (Å²) in [6.45, 7) is 3.91. The van der Waals surface area contributed by atoms with Gasteiger partial charge in [0.15, 0.2) is 0 Å². The summed E-state index contributed by atoms with van der Waals surface area (Å²) in [6, 6.07) is 11.5. The number of ether oxygens (including phenoxy) is 1. The second kappa shape index (κ2) is 6.06. The van der Waals surface area contributed by atoms with E-state index < -0.39 is 5.60 Å². The Bertz CT molecular complexity index is 544. The Hall–Kier alpha value is -1.87. The Balaban J connectivity index is 2.15. The first-order chi connectivity index (χ1) is 9.55. The molecule has 106 valence electrons. The standard InChI is InChI=1S/C17H21NO2/c1-4-13-5-8-15(18-12-13)11-17(2,19)14-6-9-16(20-3)10-7-14/h5-10,12,19H,4,11H2,1-3H3. The van der Waals surface area contributed by atoms with E-state index in [4.69, 9.17) is 4.74 Å². The average molecular weight is 271 g/mol. The minimum Gasteiger partial charge on any atom is -0.497 e. The highest BCUT2D eigenvalue weighted by Gasteiger charge is 2.24. The summed E-state index contributed by atoms with van der Waals surface area (Å²) < 4.78 is 5.13. The highest BCUT2D eigenvalue weighted by atomic mass is 16.5. The molecule has 0 amide bonds. The molecule has 1 atom stereocenters. The van der Waals surface area contributed by atoms with Crippen molar-refractivity contribution in [2.45, 2.75) is 32.3 Å². The van der Waals surface area contributed by atoms with Crippen LogP contribution in [0.4, 0.5) is 0 Å². The van der Waals surface area contributed by atoms with Crippen LogP contribution >= 0.6 is 0 Å². The van der Waals surface area contributed by atoms with E-state index in [0.717, 1.165) is 23.4 Å². The second-order valence-electron chi connectivity index (χ2n) is 5.19. The van der Waals surface area contributed by atoms with Gasteiger partial charge in [0.25, 0.3) is 0 Å². The zero-order chi connectivity index (χ0) is 14.6. The molecule has 0 fully saturated rings. The van der Waals surface area contributed by atoms with Gasteiger partial charge >= 0.3 is 0 Å². The first-order valence-electron chi connectivity index (χ1n) is 6.86. The van der Waals surface area contributed by atoms with Crippen molar-refractivity contribution in [1.29, 1.82) is 0 Å². The van der Waals surface area contributed by atoms with Gasteiger partial charge in [0.05, 0.1) is 12.7 Å². The molecule has 0 aliphatic rings. The van der Waals surface area contributed by atoms with Crippen LogP contribution in [0.1, 0.15) is 30.7 Å². The fourth-order valence-electron chi connectivity index (χ4n) is 2.17. The van der Waals surface area contributed by atoms with E-state index >= 15 is 0 Å². The molecule has 3 heteroatoms. The number of aryl methyl sites for hydroxylation is 1. The Morgan fingerprint density at radius 2 is 1.85 bits per heavy atom. The van der Waals surface area contributed by atoms with E-state index in [1.165, 1.54) is 5.56 Å². The molecule has 1 N–H and O–H groups in total. The lowest BCUT2D eigenvalue weighted by Crippen LogP contribution is -2.24. The third-order valence-electron chi connectivity index (χ3n) is 3.53. The van der Waals surface area contributed by atoms with Gasteiger partial charge < -0.3 is 9.84 Å². The van der Waals surface area contributed by atoms with Crippen molar-refractivity contribution in [3.8, 4) is 5.75 Å². The molecule has 0 aliphatic heterocycles. The predicted molar refractivity (Wildman–Crippen MR) is 79.9 cm³/mol. The van der Waals surface area contributed by atoms with Crippen LogP contribution in [0.25, 0.3) is 0 Å². The van der Waals surface area contributed by atoms with Crippen LogP contribution in [0.2, 0.25) is 0 Å². The maximum absolute atomic E-state index is 10.6. The third kappa shape index (κ3) is 3.36. The Morgan fingerprint density at radius 1 is 1.15 bits per heavy atom. The molecule has 0 spiro atoms. The van der Waals surface area contributed by atoms with Gasteiger partial charge in [-0.25, -0.2) is 0 Å².